The van der Waals surface area contributed by atoms with Crippen molar-refractivity contribution in [1.29, 1.82) is 0 Å². The van der Waals surface area contributed by atoms with Gasteiger partial charge >= 0.3 is 6.18 Å². The molecule has 0 aliphatic heterocycles. The first kappa shape index (κ1) is 22.8. The van der Waals surface area contributed by atoms with E-state index in [-0.39, 0.29) is 35.0 Å². The molecule has 33 heavy (non-hydrogen) atoms. The molecule has 4 rings (SSSR count). The maximum atomic E-state index is 13.2. The summed E-state index contributed by atoms with van der Waals surface area (Å²) in [5.74, 6) is -0.275. The molecule has 0 aliphatic carbocycles. The summed E-state index contributed by atoms with van der Waals surface area (Å²) in [4.78, 5) is 30.0. The lowest BCUT2D eigenvalue weighted by Gasteiger charge is -2.16. The van der Waals surface area contributed by atoms with Crippen LogP contribution in [0.4, 0.5) is 19.1 Å². The minimum absolute atomic E-state index is 0.0567. The van der Waals surface area contributed by atoms with Gasteiger partial charge in [-0.2, -0.15) is 18.3 Å². The number of fused-ring (bicyclic) bond motifs is 2. The number of rotatable bonds is 4. The second-order valence-electron chi connectivity index (χ2n) is 7.90. The van der Waals surface area contributed by atoms with Gasteiger partial charge in [0.05, 0.1) is 28.5 Å². The Balaban J connectivity index is 1.70. The van der Waals surface area contributed by atoms with Crippen LogP contribution in [0.5, 0.6) is 0 Å². The van der Waals surface area contributed by atoms with E-state index in [4.69, 9.17) is 11.6 Å². The molecule has 2 aromatic heterocycles. The van der Waals surface area contributed by atoms with Gasteiger partial charge in [-0.15, -0.1) is 0 Å². The van der Waals surface area contributed by atoms with Crippen LogP contribution in [0.3, 0.4) is 0 Å². The molecule has 2 heterocycles. The van der Waals surface area contributed by atoms with Crippen LogP contribution in [0, 0.1) is 0 Å². The third kappa shape index (κ3) is 4.30. The molecule has 7 nitrogen and oxygen atoms in total. The van der Waals surface area contributed by atoms with Crippen LogP contribution in [-0.4, -0.2) is 25.2 Å². The van der Waals surface area contributed by atoms with Crippen LogP contribution in [-0.2, 0) is 24.4 Å². The SMILES string of the molecule is CC(C)n1nc(CC(=O)Nc2nc3cc(Cl)ccc3n2C)c(=O)c2ccc(C(F)(F)F)cc21. The van der Waals surface area contributed by atoms with E-state index in [1.165, 1.54) is 4.68 Å². The Labute approximate surface area is 190 Å². The summed E-state index contributed by atoms with van der Waals surface area (Å²) in [6, 6.07) is 7.66. The van der Waals surface area contributed by atoms with Crippen LogP contribution in [0.1, 0.15) is 31.1 Å². The molecule has 0 fully saturated rings. The highest BCUT2D eigenvalue weighted by molar-refractivity contribution is 6.31. The minimum atomic E-state index is -4.56. The average Bonchev–Trinajstić information content (AvgIpc) is 3.03. The number of anilines is 1. The zero-order valence-electron chi connectivity index (χ0n) is 17.9. The van der Waals surface area contributed by atoms with Crippen LogP contribution < -0.4 is 10.7 Å². The molecule has 0 atom stereocenters. The van der Waals surface area contributed by atoms with Gasteiger partial charge in [-0.3, -0.25) is 19.6 Å². The number of imidazole rings is 1. The van der Waals surface area contributed by atoms with E-state index in [0.29, 0.717) is 10.5 Å². The third-order valence-corrected chi connectivity index (χ3v) is 5.45. The largest absolute Gasteiger partial charge is 0.416 e. The van der Waals surface area contributed by atoms with Crippen molar-refractivity contribution in [2.45, 2.75) is 32.5 Å². The number of halogens is 4. The summed E-state index contributed by atoms with van der Waals surface area (Å²) >= 11 is 5.99. The zero-order chi connectivity index (χ0) is 24.1. The Morgan fingerprint density at radius 2 is 1.88 bits per heavy atom. The summed E-state index contributed by atoms with van der Waals surface area (Å²) in [6.45, 7) is 3.46. The van der Waals surface area contributed by atoms with Gasteiger partial charge in [0.15, 0.2) is 0 Å². The van der Waals surface area contributed by atoms with E-state index in [2.05, 4.69) is 15.4 Å². The van der Waals surface area contributed by atoms with Crippen LogP contribution in [0.15, 0.2) is 41.2 Å². The summed E-state index contributed by atoms with van der Waals surface area (Å²) < 4.78 is 42.5. The summed E-state index contributed by atoms with van der Waals surface area (Å²) in [6.07, 6.45) is -4.92. The Kier molecular flexibility index (Phi) is 5.65. The molecular formula is C22H19ClF3N5O2. The fraction of sp³-hybridized carbons (Fsp3) is 0.273. The molecule has 11 heteroatoms. The predicted octanol–water partition coefficient (Wildman–Crippen LogP) is 4.72. The number of nitrogens with zero attached hydrogens (tertiary/aromatic N) is 4. The maximum Gasteiger partial charge on any atom is 0.416 e. The molecule has 0 aliphatic rings. The second kappa shape index (κ2) is 8.18. The Morgan fingerprint density at radius 3 is 2.55 bits per heavy atom. The Bertz CT molecular complexity index is 1460. The number of hydrogen-bond acceptors (Lipinski definition) is 4. The van der Waals surface area contributed by atoms with Crippen LogP contribution >= 0.6 is 11.6 Å². The van der Waals surface area contributed by atoms with Crippen molar-refractivity contribution in [2.24, 2.45) is 7.05 Å². The van der Waals surface area contributed by atoms with Gasteiger partial charge < -0.3 is 4.57 Å². The van der Waals surface area contributed by atoms with Gasteiger partial charge in [0.2, 0.25) is 17.3 Å². The second-order valence-corrected chi connectivity index (χ2v) is 8.33. The molecule has 172 valence electrons. The van der Waals surface area contributed by atoms with Crippen molar-refractivity contribution in [3.05, 3.63) is 62.9 Å². The van der Waals surface area contributed by atoms with Gasteiger partial charge in [0, 0.05) is 23.5 Å². The van der Waals surface area contributed by atoms with E-state index >= 15 is 0 Å². The number of carbonyl (C=O) groups excluding carboxylic acids is 1. The first-order valence-corrected chi connectivity index (χ1v) is 10.4. The number of nitrogens with one attached hydrogen (secondary N) is 1. The molecule has 0 radical (unpaired) electrons. The number of aromatic nitrogens is 4. The normalized spacial score (nSPS) is 12.1. The van der Waals surface area contributed by atoms with Crippen molar-refractivity contribution in [1.82, 2.24) is 19.3 Å². The lowest BCUT2D eigenvalue weighted by Crippen LogP contribution is -2.26. The number of amides is 1. The van der Waals surface area contributed by atoms with E-state index in [1.54, 1.807) is 43.7 Å². The van der Waals surface area contributed by atoms with Crippen molar-refractivity contribution < 1.29 is 18.0 Å². The maximum absolute atomic E-state index is 13.2. The fourth-order valence-corrected chi connectivity index (χ4v) is 3.76. The van der Waals surface area contributed by atoms with E-state index < -0.39 is 23.1 Å². The number of benzene rings is 2. The molecule has 2 aromatic carbocycles. The highest BCUT2D eigenvalue weighted by atomic mass is 35.5. The lowest BCUT2D eigenvalue weighted by atomic mass is 10.1. The monoisotopic (exact) mass is 477 g/mol. The first-order chi connectivity index (χ1) is 15.5. The topological polar surface area (TPSA) is 81.8 Å². The molecule has 0 saturated carbocycles. The van der Waals surface area contributed by atoms with Gasteiger partial charge in [-0.05, 0) is 50.2 Å². The van der Waals surface area contributed by atoms with E-state index in [9.17, 15) is 22.8 Å². The highest BCUT2D eigenvalue weighted by Gasteiger charge is 2.31. The van der Waals surface area contributed by atoms with Crippen LogP contribution in [0.2, 0.25) is 5.02 Å². The van der Waals surface area contributed by atoms with Crippen molar-refractivity contribution in [2.75, 3.05) is 5.32 Å². The number of hydrogen-bond donors (Lipinski definition) is 1. The molecule has 0 bridgehead atoms. The van der Waals surface area contributed by atoms with Gasteiger partial charge in [0.25, 0.3) is 0 Å². The predicted molar refractivity (Wildman–Crippen MR) is 119 cm³/mol. The Hall–Kier alpha value is -3.40. The lowest BCUT2D eigenvalue weighted by molar-refractivity contribution is -0.137. The molecule has 0 spiro atoms. The van der Waals surface area contributed by atoms with E-state index in [0.717, 1.165) is 23.7 Å². The van der Waals surface area contributed by atoms with Gasteiger partial charge in [-0.1, -0.05) is 11.6 Å². The summed E-state index contributed by atoms with van der Waals surface area (Å²) in [5.41, 5.74) is -0.148. The van der Waals surface area contributed by atoms with Gasteiger partial charge in [0.1, 0.15) is 5.69 Å². The highest BCUT2D eigenvalue weighted by Crippen LogP contribution is 2.31. The average molecular weight is 478 g/mol. The first-order valence-electron chi connectivity index (χ1n) is 10.00. The molecule has 1 N–H and O–H groups in total. The summed E-state index contributed by atoms with van der Waals surface area (Å²) in [7, 11) is 1.72. The third-order valence-electron chi connectivity index (χ3n) is 5.22. The summed E-state index contributed by atoms with van der Waals surface area (Å²) in [5, 5.41) is 7.43. The molecule has 4 aromatic rings. The van der Waals surface area contributed by atoms with Crippen molar-refractivity contribution in [3.63, 3.8) is 0 Å². The number of aryl methyl sites for hydroxylation is 1. The quantitative estimate of drug-likeness (QED) is 0.461. The Morgan fingerprint density at radius 1 is 1.15 bits per heavy atom. The fourth-order valence-electron chi connectivity index (χ4n) is 3.59. The standard InChI is InChI=1S/C22H19ClF3N5O2/c1-11(2)31-18-8-12(22(24,25)26)4-6-14(18)20(33)16(29-31)10-19(32)28-21-27-15-9-13(23)5-7-17(15)30(21)3/h4-9,11H,10H2,1-3H3,(H,27,28,32). The van der Waals surface area contributed by atoms with Crippen molar-refractivity contribution in [3.8, 4) is 0 Å². The molecule has 1 amide bonds. The molecule has 0 saturated heterocycles. The minimum Gasteiger partial charge on any atom is -0.313 e. The molecular weight excluding hydrogens is 459 g/mol. The van der Waals surface area contributed by atoms with Crippen LogP contribution in [0.25, 0.3) is 21.9 Å². The van der Waals surface area contributed by atoms with E-state index in [1.807, 2.05) is 0 Å². The van der Waals surface area contributed by atoms with Crippen molar-refractivity contribution >= 4 is 45.4 Å². The van der Waals surface area contributed by atoms with Gasteiger partial charge in [-0.25, -0.2) is 4.98 Å². The molecule has 0 unspecified atom stereocenters. The zero-order valence-corrected chi connectivity index (χ0v) is 18.6. The smallest absolute Gasteiger partial charge is 0.313 e. The number of carbonyl (C=O) groups is 1. The number of alkyl halides is 3.